The molecule has 0 fully saturated rings. The lowest BCUT2D eigenvalue weighted by molar-refractivity contribution is 0.111. The van der Waals surface area contributed by atoms with Crippen LogP contribution in [0.1, 0.15) is 17.5 Å². The summed E-state index contributed by atoms with van der Waals surface area (Å²) in [6.07, 6.45) is 1.98. The van der Waals surface area contributed by atoms with Gasteiger partial charge in [0.15, 0.2) is 6.10 Å². The highest BCUT2D eigenvalue weighted by atomic mass is 35.5. The first-order chi connectivity index (χ1) is 17.4. The van der Waals surface area contributed by atoms with Crippen LogP contribution >= 0.6 is 11.6 Å². The Labute approximate surface area is 212 Å². The fraction of sp³-hybridized carbons (Fsp3) is 0.346. The number of carbonyl (C=O) groups is 1. The van der Waals surface area contributed by atoms with Crippen LogP contribution in [0.25, 0.3) is 6.08 Å². The number of hydrogen-bond donors (Lipinski definition) is 1. The van der Waals surface area contributed by atoms with Crippen LogP contribution in [-0.2, 0) is 11.3 Å². The number of carboxylic acid groups (broad SMARTS) is 1. The van der Waals surface area contributed by atoms with Crippen LogP contribution < -0.4 is 14.2 Å². The van der Waals surface area contributed by atoms with E-state index in [0.717, 1.165) is 22.4 Å². The maximum Gasteiger partial charge on any atom is 0.511 e. The Balaban J connectivity index is 1.32. The van der Waals surface area contributed by atoms with Crippen molar-refractivity contribution in [1.82, 2.24) is 4.90 Å². The fourth-order valence-electron chi connectivity index (χ4n) is 3.88. The summed E-state index contributed by atoms with van der Waals surface area (Å²) in [4.78, 5) is 12.9. The number of nitrogens with zero attached hydrogens (tertiary/aromatic N) is 1. The zero-order valence-electron chi connectivity index (χ0n) is 19.4. The van der Waals surface area contributed by atoms with E-state index >= 15 is 0 Å². The van der Waals surface area contributed by atoms with Crippen molar-refractivity contribution < 1.29 is 37.6 Å². The predicted octanol–water partition coefficient (Wildman–Crippen LogP) is 5.67. The van der Waals surface area contributed by atoms with Gasteiger partial charge >= 0.3 is 6.16 Å². The van der Waals surface area contributed by atoms with Crippen LogP contribution in [0.3, 0.4) is 0 Å². The molecular weight excluding hydrogens is 496 g/mol. The summed E-state index contributed by atoms with van der Waals surface area (Å²) >= 11 is 6.19. The molecule has 0 atom stereocenters. The van der Waals surface area contributed by atoms with E-state index in [2.05, 4.69) is 11.0 Å². The van der Waals surface area contributed by atoms with Crippen molar-refractivity contribution >= 4 is 23.8 Å². The van der Waals surface area contributed by atoms with Crippen molar-refractivity contribution in [2.24, 2.45) is 0 Å². The monoisotopic (exact) mass is 521 g/mol. The lowest BCUT2D eigenvalue weighted by atomic mass is 10.1. The van der Waals surface area contributed by atoms with Gasteiger partial charge in [0.25, 0.3) is 0 Å². The lowest BCUT2D eigenvalue weighted by Crippen LogP contribution is -2.32. The van der Waals surface area contributed by atoms with Gasteiger partial charge in [-0.2, -0.15) is 0 Å². The SMILES string of the molecule is O=C(O)OC1=CCN(CC2=Cc3ccc(OCc4ccc(OC(CF)CF)c(Cl)c4)cc3OC2)CC1. The van der Waals surface area contributed by atoms with Gasteiger partial charge < -0.3 is 24.1 Å². The van der Waals surface area contributed by atoms with Gasteiger partial charge in [-0.25, -0.2) is 13.6 Å². The summed E-state index contributed by atoms with van der Waals surface area (Å²) in [6, 6.07) is 10.5. The molecule has 2 aliphatic heterocycles. The molecule has 1 N–H and O–H groups in total. The van der Waals surface area contributed by atoms with E-state index in [1.54, 1.807) is 24.3 Å². The van der Waals surface area contributed by atoms with Crippen LogP contribution in [0.15, 0.2) is 53.8 Å². The zero-order valence-corrected chi connectivity index (χ0v) is 20.2. The average Bonchev–Trinajstić information content (AvgIpc) is 2.88. The smallest absolute Gasteiger partial charge is 0.489 e. The highest BCUT2D eigenvalue weighted by Gasteiger charge is 2.19. The summed E-state index contributed by atoms with van der Waals surface area (Å²) in [5.41, 5.74) is 2.84. The molecule has 0 unspecified atom stereocenters. The van der Waals surface area contributed by atoms with Gasteiger partial charge in [0.2, 0.25) is 0 Å². The Hall–Kier alpha value is -3.30. The molecule has 0 saturated heterocycles. The van der Waals surface area contributed by atoms with Crippen molar-refractivity contribution in [2.45, 2.75) is 19.1 Å². The zero-order chi connectivity index (χ0) is 25.5. The molecule has 0 amide bonds. The van der Waals surface area contributed by atoms with E-state index < -0.39 is 25.6 Å². The number of halogens is 3. The molecule has 36 heavy (non-hydrogen) atoms. The summed E-state index contributed by atoms with van der Waals surface area (Å²) in [5.74, 6) is 2.06. The quantitative estimate of drug-likeness (QED) is 0.404. The van der Waals surface area contributed by atoms with Crippen molar-refractivity contribution in [3.05, 3.63) is 70.0 Å². The molecule has 0 aromatic heterocycles. The van der Waals surface area contributed by atoms with Gasteiger partial charge in [-0.15, -0.1) is 0 Å². The first kappa shape index (κ1) is 25.8. The van der Waals surface area contributed by atoms with Crippen LogP contribution in [0.5, 0.6) is 17.2 Å². The molecule has 2 heterocycles. The summed E-state index contributed by atoms with van der Waals surface area (Å²) in [6.45, 7) is 0.857. The minimum Gasteiger partial charge on any atom is -0.489 e. The van der Waals surface area contributed by atoms with Gasteiger partial charge in [-0.05, 0) is 47.6 Å². The van der Waals surface area contributed by atoms with Gasteiger partial charge in [0.1, 0.15) is 49.6 Å². The van der Waals surface area contributed by atoms with Crippen LogP contribution in [0.2, 0.25) is 5.02 Å². The van der Waals surface area contributed by atoms with E-state index in [9.17, 15) is 13.6 Å². The van der Waals surface area contributed by atoms with Crippen LogP contribution in [-0.4, -0.2) is 61.9 Å². The van der Waals surface area contributed by atoms with Crippen molar-refractivity contribution in [3.8, 4) is 17.2 Å². The van der Waals surface area contributed by atoms with Gasteiger partial charge in [0.05, 0.1) is 5.02 Å². The molecule has 0 bridgehead atoms. The Bertz CT molecular complexity index is 1150. The number of benzene rings is 2. The van der Waals surface area contributed by atoms with Crippen molar-refractivity contribution in [1.29, 1.82) is 0 Å². The van der Waals surface area contributed by atoms with Gasteiger partial charge in [-0.3, -0.25) is 4.90 Å². The van der Waals surface area contributed by atoms with Crippen LogP contribution in [0.4, 0.5) is 13.6 Å². The Kier molecular flexibility index (Phi) is 8.66. The molecule has 0 aliphatic carbocycles. The first-order valence-electron chi connectivity index (χ1n) is 11.4. The molecule has 10 heteroatoms. The van der Waals surface area contributed by atoms with Crippen molar-refractivity contribution in [3.63, 3.8) is 0 Å². The normalized spacial score (nSPS) is 15.4. The van der Waals surface area contributed by atoms with E-state index in [0.29, 0.717) is 44.2 Å². The largest absolute Gasteiger partial charge is 0.511 e. The van der Waals surface area contributed by atoms with E-state index in [-0.39, 0.29) is 17.4 Å². The van der Waals surface area contributed by atoms with Crippen molar-refractivity contribution in [2.75, 3.05) is 39.6 Å². The second-order valence-corrected chi connectivity index (χ2v) is 8.82. The highest BCUT2D eigenvalue weighted by Crippen LogP contribution is 2.32. The third-order valence-electron chi connectivity index (χ3n) is 5.69. The number of rotatable bonds is 10. The molecule has 4 rings (SSSR count). The van der Waals surface area contributed by atoms with E-state index in [4.69, 9.17) is 35.7 Å². The van der Waals surface area contributed by atoms with Crippen LogP contribution in [0, 0.1) is 0 Å². The number of alkyl halides is 2. The minimum atomic E-state index is -1.28. The third-order valence-corrected chi connectivity index (χ3v) is 5.99. The molecule has 2 aromatic rings. The molecule has 2 aliphatic rings. The molecule has 7 nitrogen and oxygen atoms in total. The molecule has 2 aromatic carbocycles. The first-order valence-corrected chi connectivity index (χ1v) is 11.8. The summed E-state index contributed by atoms with van der Waals surface area (Å²) < 4.78 is 47.2. The maximum atomic E-state index is 12.7. The fourth-order valence-corrected chi connectivity index (χ4v) is 4.13. The van der Waals surface area contributed by atoms with E-state index in [1.165, 1.54) is 0 Å². The molecule has 0 radical (unpaired) electrons. The molecule has 0 spiro atoms. The number of hydrogen-bond acceptors (Lipinski definition) is 6. The van der Waals surface area contributed by atoms with Gasteiger partial charge in [-0.1, -0.05) is 17.7 Å². The molecular formula is C26H26ClF2NO6. The number of ether oxygens (including phenoxy) is 4. The standard InChI is InChI=1S/C26H26ClF2NO6/c27-23-10-17(1-4-24(23)35-22(12-28)13-29)15-33-21-3-2-19-9-18(16-34-25(19)11-21)14-30-7-5-20(6-8-30)36-26(31)32/h1-5,9-11,22H,6-8,12-16H2,(H,31,32). The summed E-state index contributed by atoms with van der Waals surface area (Å²) in [5, 5.41) is 8.97. The third kappa shape index (κ3) is 6.89. The second-order valence-electron chi connectivity index (χ2n) is 8.42. The Morgan fingerprint density at radius 3 is 2.72 bits per heavy atom. The minimum absolute atomic E-state index is 0.222. The second kappa shape index (κ2) is 12.1. The summed E-state index contributed by atoms with van der Waals surface area (Å²) in [7, 11) is 0. The maximum absolute atomic E-state index is 12.7. The average molecular weight is 522 g/mol. The molecule has 0 saturated carbocycles. The topological polar surface area (TPSA) is 77.5 Å². The highest BCUT2D eigenvalue weighted by molar-refractivity contribution is 6.32. The Morgan fingerprint density at radius 1 is 1.19 bits per heavy atom. The lowest BCUT2D eigenvalue weighted by Gasteiger charge is -2.28. The Morgan fingerprint density at radius 2 is 2.03 bits per heavy atom. The number of fused-ring (bicyclic) bond motifs is 1. The predicted molar refractivity (Wildman–Crippen MR) is 130 cm³/mol. The molecule has 192 valence electrons. The van der Waals surface area contributed by atoms with E-state index in [1.807, 2.05) is 18.2 Å². The van der Waals surface area contributed by atoms with Gasteiger partial charge in [0, 0.05) is 37.7 Å².